The predicted octanol–water partition coefficient (Wildman–Crippen LogP) is 13.6. The van der Waals surface area contributed by atoms with Gasteiger partial charge in [-0.2, -0.15) is 0 Å². The van der Waals surface area contributed by atoms with Crippen molar-refractivity contribution in [1.29, 1.82) is 0 Å². The van der Waals surface area contributed by atoms with Gasteiger partial charge in [0.15, 0.2) is 0 Å². The molecule has 2 aliphatic carbocycles. The topological polar surface area (TPSA) is 59.0 Å². The highest BCUT2D eigenvalue weighted by Gasteiger charge is 2.16. The Labute approximate surface area is 339 Å². The van der Waals surface area contributed by atoms with Gasteiger partial charge < -0.3 is 19.5 Å². The summed E-state index contributed by atoms with van der Waals surface area (Å²) in [5.74, 6) is 2.04. The van der Waals surface area contributed by atoms with Gasteiger partial charge in [0.1, 0.15) is 11.5 Å². The normalized spacial score (nSPS) is 14.8. The summed E-state index contributed by atoms with van der Waals surface area (Å²) in [7, 11) is 2.00. The van der Waals surface area contributed by atoms with Gasteiger partial charge in [0, 0.05) is 16.8 Å². The van der Waals surface area contributed by atoms with Crippen LogP contribution in [-0.4, -0.2) is 31.3 Å². The Morgan fingerprint density at radius 1 is 0.786 bits per heavy atom. The minimum atomic E-state index is -0.964. The zero-order valence-electron chi connectivity index (χ0n) is 33.9. The third kappa shape index (κ3) is 12.3. The van der Waals surface area contributed by atoms with Crippen LogP contribution in [0.2, 0.25) is 0 Å². The molecule has 0 aliphatic heterocycles. The lowest BCUT2D eigenvalue weighted by atomic mass is 10.0. The average molecular weight is 770 g/mol. The van der Waals surface area contributed by atoms with E-state index in [9.17, 15) is 9.90 Å². The number of hydrogen-bond acceptors (Lipinski definition) is 5. The summed E-state index contributed by atoms with van der Waals surface area (Å²) < 4.78 is 12.4. The van der Waals surface area contributed by atoms with Crippen molar-refractivity contribution in [3.8, 4) is 22.6 Å². The van der Waals surface area contributed by atoms with E-state index in [-0.39, 0.29) is 5.57 Å². The largest absolute Gasteiger partial charge is 0.493 e. The van der Waals surface area contributed by atoms with Crippen molar-refractivity contribution in [2.75, 3.05) is 25.2 Å². The van der Waals surface area contributed by atoms with Gasteiger partial charge in [0.2, 0.25) is 0 Å². The van der Waals surface area contributed by atoms with Crippen molar-refractivity contribution in [3.05, 3.63) is 143 Å². The van der Waals surface area contributed by atoms with Crippen LogP contribution in [0.15, 0.2) is 142 Å². The van der Waals surface area contributed by atoms with Crippen LogP contribution in [0.4, 0.5) is 5.69 Å². The molecule has 0 aromatic heterocycles. The molecule has 0 saturated carbocycles. The molecular weight excluding hydrogens is 711 g/mol. The number of benzene rings is 3. The van der Waals surface area contributed by atoms with E-state index in [1.807, 2.05) is 13.1 Å². The van der Waals surface area contributed by atoms with Gasteiger partial charge >= 0.3 is 5.97 Å². The molecule has 2 aliphatic rings. The number of unbranched alkanes of at least 4 members (excludes halogenated alkanes) is 2. The molecule has 2 unspecified atom stereocenters. The standard InChI is InChI=1S/C50H59NO4S/c1-6-10-14-37(8-3)35-54-45-28-21-40(22-29-45)39-16-13-19-47(32-25-39)56-49-34-43(41-23-30-46(31-24-41)55-36-38(9-4)15-11-7-2)26-33-48(49)51(5)44-18-12-17-42(20-27-44)50(52)53/h12-13,16-17,19-24,26-34,37-38H,6-11,14-15,25,35-36H2,1-5H3,(H,52,53). The van der Waals surface area contributed by atoms with Gasteiger partial charge in [0.05, 0.1) is 30.2 Å². The average Bonchev–Trinajstić information content (AvgIpc) is 3.63. The molecule has 5 rings (SSSR count). The number of ether oxygens (including phenoxy) is 2. The van der Waals surface area contributed by atoms with E-state index in [1.54, 1.807) is 30.0 Å². The van der Waals surface area contributed by atoms with Gasteiger partial charge in [0.25, 0.3) is 0 Å². The smallest absolute Gasteiger partial charge is 0.335 e. The highest BCUT2D eigenvalue weighted by molar-refractivity contribution is 8.03. The van der Waals surface area contributed by atoms with Crippen molar-refractivity contribution < 1.29 is 19.4 Å². The fourth-order valence-corrected chi connectivity index (χ4v) is 7.84. The number of hydrogen-bond donors (Lipinski definition) is 1. The number of likely N-dealkylation sites (N-methyl/N-ethyl adjacent to an activating group) is 1. The maximum Gasteiger partial charge on any atom is 0.335 e. The first-order valence-corrected chi connectivity index (χ1v) is 21.3. The highest BCUT2D eigenvalue weighted by Crippen LogP contribution is 2.41. The summed E-state index contributed by atoms with van der Waals surface area (Å²) in [5.41, 5.74) is 9.92. The van der Waals surface area contributed by atoms with Crippen LogP contribution in [-0.2, 0) is 4.79 Å². The number of allylic oxidation sites excluding steroid dienone is 7. The van der Waals surface area contributed by atoms with Crippen LogP contribution in [0.25, 0.3) is 16.7 Å². The Morgan fingerprint density at radius 3 is 1.98 bits per heavy atom. The SMILES string of the molecule is CCCCC(CC)COc1ccc(C2=CC=CC(Sc3cc(-c4ccc(OCC(CC)CCCC)cc4)ccc3N(C)C3=C=CC=C(C(=O)O)C=C3)=CC2)cc1. The Hall–Kier alpha value is -4.90. The van der Waals surface area contributed by atoms with E-state index >= 15 is 0 Å². The number of rotatable bonds is 21. The lowest BCUT2D eigenvalue weighted by molar-refractivity contribution is -0.132. The van der Waals surface area contributed by atoms with Gasteiger partial charge in [-0.25, -0.2) is 4.79 Å². The van der Waals surface area contributed by atoms with Gasteiger partial charge in [-0.15, -0.1) is 0 Å². The molecule has 6 heteroatoms. The maximum atomic E-state index is 11.7. The second-order valence-corrected chi connectivity index (χ2v) is 15.8. The summed E-state index contributed by atoms with van der Waals surface area (Å²) in [5, 5.41) is 9.56. The van der Waals surface area contributed by atoms with Crippen LogP contribution in [0.1, 0.15) is 91.0 Å². The first-order valence-electron chi connectivity index (χ1n) is 20.5. The van der Waals surface area contributed by atoms with Gasteiger partial charge in [-0.3, -0.25) is 0 Å². The molecular formula is C50H59NO4S. The highest BCUT2D eigenvalue weighted by atomic mass is 32.2. The zero-order chi connectivity index (χ0) is 39.7. The quantitative estimate of drug-likeness (QED) is 0.109. The molecule has 56 heavy (non-hydrogen) atoms. The summed E-state index contributed by atoms with van der Waals surface area (Å²) in [6, 6.07) is 23.5. The van der Waals surface area contributed by atoms with E-state index in [1.165, 1.54) is 49.7 Å². The molecule has 2 atom stereocenters. The van der Waals surface area contributed by atoms with Crippen LogP contribution in [0, 0.1) is 11.8 Å². The summed E-state index contributed by atoms with van der Waals surface area (Å²) in [6.07, 6.45) is 25.9. The fourth-order valence-electron chi connectivity index (χ4n) is 6.78. The number of carbonyl (C=O) groups is 1. The lowest BCUT2D eigenvalue weighted by Gasteiger charge is -2.23. The van der Waals surface area contributed by atoms with E-state index in [4.69, 9.17) is 9.47 Å². The van der Waals surface area contributed by atoms with Crippen molar-refractivity contribution in [2.45, 2.75) is 90.4 Å². The van der Waals surface area contributed by atoms with E-state index < -0.39 is 5.97 Å². The molecule has 1 N–H and O–H groups in total. The monoisotopic (exact) mass is 769 g/mol. The Balaban J connectivity index is 1.34. The summed E-state index contributed by atoms with van der Waals surface area (Å²) in [4.78, 5) is 16.0. The minimum absolute atomic E-state index is 0.219. The van der Waals surface area contributed by atoms with Crippen LogP contribution in [0.3, 0.4) is 0 Å². The minimum Gasteiger partial charge on any atom is -0.493 e. The molecule has 0 spiro atoms. The number of thioether (sulfide) groups is 1. The third-order valence-electron chi connectivity index (χ3n) is 10.6. The number of anilines is 1. The first kappa shape index (κ1) is 42.2. The predicted molar refractivity (Wildman–Crippen MR) is 236 cm³/mol. The fraction of sp³-hybridized carbons (Fsp3) is 0.360. The third-order valence-corrected chi connectivity index (χ3v) is 11.7. The van der Waals surface area contributed by atoms with Crippen LogP contribution < -0.4 is 14.4 Å². The van der Waals surface area contributed by atoms with Crippen molar-refractivity contribution in [2.24, 2.45) is 11.8 Å². The Kier molecular flexibility index (Phi) is 16.6. The van der Waals surface area contributed by atoms with E-state index in [2.05, 4.69) is 129 Å². The molecule has 0 bridgehead atoms. The van der Waals surface area contributed by atoms with Gasteiger partial charge in [-0.1, -0.05) is 132 Å². The zero-order valence-corrected chi connectivity index (χ0v) is 34.7. The number of carboxylic acid groups (broad SMARTS) is 1. The first-order chi connectivity index (χ1) is 27.3. The molecule has 0 saturated heterocycles. The maximum absolute atomic E-state index is 11.7. The Bertz CT molecular complexity index is 1980. The molecule has 3 aromatic rings. The second kappa shape index (κ2) is 22.0. The molecule has 0 amide bonds. The Morgan fingerprint density at radius 2 is 1.39 bits per heavy atom. The number of carboxylic acids is 1. The summed E-state index contributed by atoms with van der Waals surface area (Å²) >= 11 is 1.73. The molecule has 0 fully saturated rings. The number of aliphatic carboxylic acids is 1. The van der Waals surface area contributed by atoms with E-state index in [0.29, 0.717) is 11.8 Å². The lowest BCUT2D eigenvalue weighted by Crippen LogP contribution is -2.15. The van der Waals surface area contributed by atoms with E-state index in [0.717, 1.165) is 76.3 Å². The molecule has 294 valence electrons. The summed E-state index contributed by atoms with van der Waals surface area (Å²) in [6.45, 7) is 10.5. The molecule has 0 radical (unpaired) electrons. The van der Waals surface area contributed by atoms with Crippen LogP contribution >= 0.6 is 11.8 Å². The van der Waals surface area contributed by atoms with Gasteiger partial charge in [-0.05, 0) is 120 Å². The van der Waals surface area contributed by atoms with Crippen molar-refractivity contribution in [1.82, 2.24) is 0 Å². The van der Waals surface area contributed by atoms with Crippen molar-refractivity contribution >= 4 is 29.0 Å². The second-order valence-electron chi connectivity index (χ2n) is 14.7. The molecule has 0 heterocycles. The van der Waals surface area contributed by atoms with Crippen molar-refractivity contribution in [3.63, 3.8) is 0 Å². The number of nitrogens with zero attached hydrogens (tertiary/aromatic N) is 1. The molecule has 5 nitrogen and oxygen atoms in total. The molecule has 3 aromatic carbocycles. The van der Waals surface area contributed by atoms with Crippen LogP contribution in [0.5, 0.6) is 11.5 Å².